The van der Waals surface area contributed by atoms with Gasteiger partial charge in [-0.3, -0.25) is 24.3 Å². The fourth-order valence-corrected chi connectivity index (χ4v) is 5.43. The lowest BCUT2D eigenvalue weighted by Crippen LogP contribution is -2.46. The standard InChI is InChI=1S/C26H26F3N3O3/c27-26(28,29)19-7-3-6-18(13-19)25(15-23(34)32(24(25)35)20-9-10-20)14-22(33)31-12-2-1-8-21(31)17-5-4-11-30-16-17/h3-7,11,13,16,20-21H,1-2,8-10,12,14-15H2/t21-,25-/m0/s1. The number of alkyl halides is 3. The Labute approximate surface area is 201 Å². The number of nitrogens with zero attached hydrogens (tertiary/aromatic N) is 3. The predicted octanol–water partition coefficient (Wildman–Crippen LogP) is 4.40. The third kappa shape index (κ3) is 4.32. The van der Waals surface area contributed by atoms with Gasteiger partial charge < -0.3 is 4.90 Å². The van der Waals surface area contributed by atoms with Crippen LogP contribution in [0.2, 0.25) is 0 Å². The average Bonchev–Trinajstić information content (AvgIpc) is 3.65. The minimum atomic E-state index is -4.61. The Bertz CT molecular complexity index is 1150. The zero-order valence-corrected chi connectivity index (χ0v) is 19.1. The monoisotopic (exact) mass is 485 g/mol. The van der Waals surface area contributed by atoms with E-state index >= 15 is 0 Å². The van der Waals surface area contributed by atoms with Crippen LogP contribution in [0, 0.1) is 0 Å². The van der Waals surface area contributed by atoms with E-state index < -0.39 is 29.0 Å². The van der Waals surface area contributed by atoms with Crippen molar-refractivity contribution in [3.05, 3.63) is 65.5 Å². The van der Waals surface area contributed by atoms with Crippen molar-refractivity contribution >= 4 is 17.7 Å². The predicted molar refractivity (Wildman–Crippen MR) is 120 cm³/mol. The molecule has 0 radical (unpaired) electrons. The maximum atomic E-state index is 13.7. The van der Waals surface area contributed by atoms with Gasteiger partial charge in [0, 0.05) is 37.8 Å². The van der Waals surface area contributed by atoms with Crippen molar-refractivity contribution in [3.8, 4) is 0 Å². The van der Waals surface area contributed by atoms with Gasteiger partial charge in [-0.2, -0.15) is 13.2 Å². The van der Waals surface area contributed by atoms with Gasteiger partial charge in [0.15, 0.2) is 0 Å². The normalized spacial score (nSPS) is 25.3. The number of aromatic nitrogens is 1. The zero-order valence-electron chi connectivity index (χ0n) is 19.1. The second kappa shape index (κ2) is 8.77. The summed E-state index contributed by atoms with van der Waals surface area (Å²) in [5, 5.41) is 0. The molecule has 1 saturated carbocycles. The lowest BCUT2D eigenvalue weighted by molar-refractivity contribution is -0.144. The molecule has 1 aromatic heterocycles. The van der Waals surface area contributed by atoms with E-state index in [-0.39, 0.29) is 36.4 Å². The molecular formula is C26H26F3N3O3. The van der Waals surface area contributed by atoms with Crippen molar-refractivity contribution < 1.29 is 27.6 Å². The molecule has 2 atom stereocenters. The van der Waals surface area contributed by atoms with Crippen molar-refractivity contribution in [2.75, 3.05) is 6.54 Å². The van der Waals surface area contributed by atoms with Crippen LogP contribution in [0.3, 0.4) is 0 Å². The molecule has 3 aliphatic rings. The van der Waals surface area contributed by atoms with Crippen LogP contribution in [-0.2, 0) is 26.0 Å². The van der Waals surface area contributed by atoms with E-state index in [1.165, 1.54) is 17.0 Å². The average molecular weight is 486 g/mol. The number of carbonyl (C=O) groups is 3. The molecule has 3 heterocycles. The van der Waals surface area contributed by atoms with Crippen LogP contribution in [0.25, 0.3) is 0 Å². The highest BCUT2D eigenvalue weighted by atomic mass is 19.4. The lowest BCUT2D eigenvalue weighted by atomic mass is 9.74. The van der Waals surface area contributed by atoms with Gasteiger partial charge in [-0.1, -0.05) is 24.3 Å². The molecule has 3 amide bonds. The molecule has 6 nitrogen and oxygen atoms in total. The van der Waals surface area contributed by atoms with Crippen LogP contribution in [0.5, 0.6) is 0 Å². The number of piperidine rings is 1. The fraction of sp³-hybridized carbons (Fsp3) is 0.462. The third-order valence-corrected chi connectivity index (χ3v) is 7.35. The quantitative estimate of drug-likeness (QED) is 0.589. The molecule has 0 spiro atoms. The summed E-state index contributed by atoms with van der Waals surface area (Å²) in [4.78, 5) is 47.4. The number of pyridine rings is 1. The number of hydrogen-bond acceptors (Lipinski definition) is 4. The van der Waals surface area contributed by atoms with E-state index in [9.17, 15) is 27.6 Å². The summed E-state index contributed by atoms with van der Waals surface area (Å²) in [6, 6.07) is 7.76. The zero-order chi connectivity index (χ0) is 24.8. The minimum absolute atomic E-state index is 0.0668. The number of likely N-dealkylation sites (tertiary alicyclic amines) is 2. The Hall–Kier alpha value is -3.23. The maximum Gasteiger partial charge on any atom is 0.416 e. The Balaban J connectivity index is 1.52. The number of benzene rings is 1. The summed E-state index contributed by atoms with van der Waals surface area (Å²) in [6.07, 6.45) is 1.90. The maximum absolute atomic E-state index is 13.7. The summed E-state index contributed by atoms with van der Waals surface area (Å²) in [7, 11) is 0. The summed E-state index contributed by atoms with van der Waals surface area (Å²) in [5.41, 5.74) is -1.60. The SMILES string of the molecule is O=C1C[C@@](CC(=O)N2CCCC[C@H]2c2cccnc2)(c2cccc(C(F)(F)F)c2)C(=O)N1C1CC1. The van der Waals surface area contributed by atoms with Crippen LogP contribution in [0.1, 0.15) is 67.7 Å². The fourth-order valence-electron chi connectivity index (χ4n) is 5.43. The first-order chi connectivity index (χ1) is 16.7. The van der Waals surface area contributed by atoms with Gasteiger partial charge in [0.2, 0.25) is 17.7 Å². The molecule has 35 heavy (non-hydrogen) atoms. The van der Waals surface area contributed by atoms with Crippen molar-refractivity contribution in [2.45, 2.75) is 68.6 Å². The molecule has 9 heteroatoms. The van der Waals surface area contributed by atoms with E-state index in [1.807, 2.05) is 6.07 Å². The van der Waals surface area contributed by atoms with Gasteiger partial charge in [-0.25, -0.2) is 0 Å². The molecule has 0 N–H and O–H groups in total. The molecule has 0 bridgehead atoms. The first-order valence-electron chi connectivity index (χ1n) is 11.9. The largest absolute Gasteiger partial charge is 0.416 e. The van der Waals surface area contributed by atoms with E-state index in [4.69, 9.17) is 0 Å². The Morgan fingerprint density at radius 1 is 1.09 bits per heavy atom. The molecular weight excluding hydrogens is 459 g/mol. The van der Waals surface area contributed by atoms with Gasteiger partial charge in [-0.15, -0.1) is 0 Å². The van der Waals surface area contributed by atoms with Crippen molar-refractivity contribution in [1.82, 2.24) is 14.8 Å². The second-order valence-electron chi connectivity index (χ2n) is 9.70. The topological polar surface area (TPSA) is 70.6 Å². The molecule has 1 aliphatic carbocycles. The smallest absolute Gasteiger partial charge is 0.336 e. The molecule has 2 aromatic rings. The van der Waals surface area contributed by atoms with Gasteiger partial charge in [0.1, 0.15) is 0 Å². The van der Waals surface area contributed by atoms with Gasteiger partial charge in [-0.05, 0) is 55.4 Å². The summed E-state index contributed by atoms with van der Waals surface area (Å²) in [6.45, 7) is 0.478. The highest BCUT2D eigenvalue weighted by molar-refractivity contribution is 6.11. The minimum Gasteiger partial charge on any atom is -0.336 e. The van der Waals surface area contributed by atoms with Crippen LogP contribution >= 0.6 is 0 Å². The Morgan fingerprint density at radius 2 is 1.89 bits per heavy atom. The third-order valence-electron chi connectivity index (χ3n) is 7.35. The number of carbonyl (C=O) groups excluding carboxylic acids is 3. The van der Waals surface area contributed by atoms with Crippen molar-refractivity contribution in [3.63, 3.8) is 0 Å². The highest BCUT2D eigenvalue weighted by Gasteiger charge is 2.57. The van der Waals surface area contributed by atoms with Crippen LogP contribution in [0.15, 0.2) is 48.8 Å². The van der Waals surface area contributed by atoms with Crippen LogP contribution in [-0.4, -0.2) is 45.1 Å². The van der Waals surface area contributed by atoms with Crippen LogP contribution in [0.4, 0.5) is 13.2 Å². The van der Waals surface area contributed by atoms with Crippen LogP contribution < -0.4 is 0 Å². The molecule has 2 aliphatic heterocycles. The lowest BCUT2D eigenvalue weighted by Gasteiger charge is -2.38. The van der Waals surface area contributed by atoms with Gasteiger partial charge in [0.25, 0.3) is 0 Å². The van der Waals surface area contributed by atoms with E-state index in [2.05, 4.69) is 4.98 Å². The van der Waals surface area contributed by atoms with E-state index in [0.717, 1.165) is 37.0 Å². The summed E-state index contributed by atoms with van der Waals surface area (Å²) < 4.78 is 40.6. The second-order valence-corrected chi connectivity index (χ2v) is 9.70. The molecule has 0 unspecified atom stereocenters. The van der Waals surface area contributed by atoms with Gasteiger partial charge >= 0.3 is 6.18 Å². The first kappa shape index (κ1) is 23.5. The molecule has 5 rings (SSSR count). The summed E-state index contributed by atoms with van der Waals surface area (Å²) in [5.74, 6) is -1.33. The number of amides is 3. The number of halogens is 3. The first-order valence-corrected chi connectivity index (χ1v) is 11.9. The molecule has 3 fully saturated rings. The number of hydrogen-bond donors (Lipinski definition) is 0. The summed E-state index contributed by atoms with van der Waals surface area (Å²) >= 11 is 0. The number of imide groups is 1. The Kier molecular flexibility index (Phi) is 5.89. The number of rotatable bonds is 5. The highest BCUT2D eigenvalue weighted by Crippen LogP contribution is 2.46. The molecule has 2 saturated heterocycles. The van der Waals surface area contributed by atoms with Crippen molar-refractivity contribution in [1.29, 1.82) is 0 Å². The Morgan fingerprint density at radius 3 is 2.57 bits per heavy atom. The van der Waals surface area contributed by atoms with Gasteiger partial charge in [0.05, 0.1) is 17.0 Å². The van der Waals surface area contributed by atoms with E-state index in [0.29, 0.717) is 19.4 Å². The van der Waals surface area contributed by atoms with E-state index in [1.54, 1.807) is 23.4 Å². The molecule has 184 valence electrons. The molecule has 1 aromatic carbocycles. The van der Waals surface area contributed by atoms with Crippen molar-refractivity contribution in [2.24, 2.45) is 0 Å².